The Hall–Kier alpha value is -2.82. The van der Waals surface area contributed by atoms with Crippen LogP contribution in [0, 0.1) is 5.82 Å². The van der Waals surface area contributed by atoms with Gasteiger partial charge in [0.15, 0.2) is 0 Å². The zero-order valence-electron chi connectivity index (χ0n) is 14.9. The van der Waals surface area contributed by atoms with Crippen LogP contribution < -0.4 is 10.5 Å². The molecule has 0 aliphatic rings. The van der Waals surface area contributed by atoms with Gasteiger partial charge in [0.05, 0.1) is 12.8 Å². The van der Waals surface area contributed by atoms with Crippen molar-refractivity contribution in [1.29, 1.82) is 0 Å². The number of halogens is 1. The van der Waals surface area contributed by atoms with E-state index in [0.29, 0.717) is 11.3 Å². The topological polar surface area (TPSA) is 61.3 Å². The van der Waals surface area contributed by atoms with Crippen LogP contribution in [0.1, 0.15) is 37.9 Å². The molecule has 0 aliphatic heterocycles. The van der Waals surface area contributed by atoms with Crippen molar-refractivity contribution in [3.05, 3.63) is 65.6 Å². The Morgan fingerprint density at radius 3 is 2.28 bits per heavy atom. The molecule has 0 fully saturated rings. The summed E-state index contributed by atoms with van der Waals surface area (Å²) in [6, 6.07) is 14.1. The largest absolute Gasteiger partial charge is 0.497 e. The van der Waals surface area contributed by atoms with Crippen LogP contribution in [0.5, 0.6) is 5.75 Å². The number of anilines is 1. The van der Waals surface area contributed by atoms with Crippen LogP contribution in [-0.4, -0.2) is 12.3 Å². The lowest BCUT2D eigenvalue weighted by Gasteiger charge is -2.11. The van der Waals surface area contributed by atoms with Gasteiger partial charge in [-0.05, 0) is 29.3 Å². The minimum atomic E-state index is -0.281. The van der Waals surface area contributed by atoms with E-state index in [0.717, 1.165) is 16.9 Å². The molecular weight excluding hydrogens is 319 g/mol. The van der Waals surface area contributed by atoms with Gasteiger partial charge >= 0.3 is 0 Å². The second kappa shape index (κ2) is 8.33. The van der Waals surface area contributed by atoms with Gasteiger partial charge < -0.3 is 15.0 Å². The van der Waals surface area contributed by atoms with Crippen molar-refractivity contribution in [2.75, 3.05) is 12.8 Å². The number of nitrogens with zero attached hydrogens (tertiary/aromatic N) is 1. The SMILES string of the molecule is CC.COc1ccc(-c2ccc(C(C)c3cc(N)on3)cc2F)cc1. The molecule has 0 bridgehead atoms. The second-order valence-corrected chi connectivity index (χ2v) is 5.34. The van der Waals surface area contributed by atoms with E-state index in [1.54, 1.807) is 19.2 Å². The van der Waals surface area contributed by atoms with E-state index in [4.69, 9.17) is 15.0 Å². The van der Waals surface area contributed by atoms with Crippen molar-refractivity contribution in [2.45, 2.75) is 26.7 Å². The maximum Gasteiger partial charge on any atom is 0.222 e. The van der Waals surface area contributed by atoms with E-state index < -0.39 is 0 Å². The quantitative estimate of drug-likeness (QED) is 0.703. The molecule has 0 saturated heterocycles. The Labute approximate surface area is 147 Å². The molecule has 0 spiro atoms. The molecule has 132 valence electrons. The van der Waals surface area contributed by atoms with E-state index >= 15 is 0 Å². The highest BCUT2D eigenvalue weighted by molar-refractivity contribution is 5.65. The Kier molecular flexibility index (Phi) is 6.17. The second-order valence-electron chi connectivity index (χ2n) is 5.34. The van der Waals surface area contributed by atoms with Gasteiger partial charge in [0.2, 0.25) is 5.88 Å². The molecule has 2 aromatic carbocycles. The number of aromatic nitrogens is 1. The third kappa shape index (κ3) is 4.18. The lowest BCUT2D eigenvalue weighted by atomic mass is 9.95. The van der Waals surface area contributed by atoms with E-state index in [2.05, 4.69) is 5.16 Å². The van der Waals surface area contributed by atoms with Gasteiger partial charge in [-0.15, -0.1) is 0 Å². The van der Waals surface area contributed by atoms with Crippen molar-refractivity contribution >= 4 is 5.88 Å². The number of methoxy groups -OCH3 is 1. The summed E-state index contributed by atoms with van der Waals surface area (Å²) in [7, 11) is 1.60. The molecule has 0 saturated carbocycles. The lowest BCUT2D eigenvalue weighted by Crippen LogP contribution is -1.98. The number of nitrogen functional groups attached to an aromatic ring is 1. The van der Waals surface area contributed by atoms with Crippen LogP contribution in [0.25, 0.3) is 11.1 Å². The predicted molar refractivity (Wildman–Crippen MR) is 98.2 cm³/mol. The molecule has 3 rings (SSSR count). The summed E-state index contributed by atoms with van der Waals surface area (Å²) < 4.78 is 24.5. The van der Waals surface area contributed by atoms with Crippen molar-refractivity contribution in [1.82, 2.24) is 5.16 Å². The summed E-state index contributed by atoms with van der Waals surface area (Å²) in [5.41, 5.74) is 8.37. The average molecular weight is 342 g/mol. The van der Waals surface area contributed by atoms with Crippen LogP contribution in [0.2, 0.25) is 0 Å². The van der Waals surface area contributed by atoms with Gasteiger partial charge in [0, 0.05) is 17.5 Å². The minimum absolute atomic E-state index is 0.101. The molecule has 5 heteroatoms. The first-order valence-corrected chi connectivity index (χ1v) is 8.24. The number of benzene rings is 2. The van der Waals surface area contributed by atoms with Crippen LogP contribution in [0.3, 0.4) is 0 Å². The average Bonchev–Trinajstić information content (AvgIpc) is 3.09. The number of hydrogen-bond acceptors (Lipinski definition) is 4. The first kappa shape index (κ1) is 18.5. The summed E-state index contributed by atoms with van der Waals surface area (Å²) in [5.74, 6) is 0.608. The van der Waals surface area contributed by atoms with E-state index in [1.165, 1.54) is 6.07 Å². The maximum absolute atomic E-state index is 14.5. The number of ether oxygens (including phenoxy) is 1. The zero-order valence-corrected chi connectivity index (χ0v) is 14.9. The Bertz CT molecular complexity index is 813. The Morgan fingerprint density at radius 1 is 1.08 bits per heavy atom. The molecule has 1 atom stereocenters. The molecule has 0 radical (unpaired) electrons. The van der Waals surface area contributed by atoms with Crippen molar-refractivity contribution in [2.24, 2.45) is 0 Å². The zero-order chi connectivity index (χ0) is 18.4. The fourth-order valence-electron chi connectivity index (χ4n) is 2.48. The summed E-state index contributed by atoms with van der Waals surface area (Å²) in [5, 5.41) is 3.89. The highest BCUT2D eigenvalue weighted by Crippen LogP contribution is 2.30. The molecule has 2 N–H and O–H groups in total. The van der Waals surface area contributed by atoms with E-state index in [9.17, 15) is 4.39 Å². The van der Waals surface area contributed by atoms with Gasteiger partial charge in [-0.1, -0.05) is 50.2 Å². The summed E-state index contributed by atoms with van der Waals surface area (Å²) >= 11 is 0. The highest BCUT2D eigenvalue weighted by Gasteiger charge is 2.15. The van der Waals surface area contributed by atoms with E-state index in [-0.39, 0.29) is 17.6 Å². The van der Waals surface area contributed by atoms with Crippen molar-refractivity contribution < 1.29 is 13.7 Å². The first-order chi connectivity index (χ1) is 12.1. The number of nitrogens with two attached hydrogens (primary N) is 1. The van der Waals surface area contributed by atoms with Gasteiger partial charge in [-0.3, -0.25) is 0 Å². The van der Waals surface area contributed by atoms with Crippen LogP contribution in [0.15, 0.2) is 53.1 Å². The van der Waals surface area contributed by atoms with Crippen molar-refractivity contribution in [3.63, 3.8) is 0 Å². The molecule has 25 heavy (non-hydrogen) atoms. The Balaban J connectivity index is 0.00000109. The standard InChI is InChI=1S/C18H17FN2O2.C2H6/c1-11(17-10-18(20)23-21-17)13-5-8-15(16(19)9-13)12-3-6-14(22-2)7-4-12;1-2/h3-11H,20H2,1-2H3;1-2H3. The molecule has 0 amide bonds. The Morgan fingerprint density at radius 2 is 1.76 bits per heavy atom. The summed E-state index contributed by atoms with van der Waals surface area (Å²) in [6.07, 6.45) is 0. The maximum atomic E-state index is 14.5. The van der Waals surface area contributed by atoms with Crippen molar-refractivity contribution in [3.8, 4) is 16.9 Å². The lowest BCUT2D eigenvalue weighted by molar-refractivity contribution is 0.415. The monoisotopic (exact) mass is 342 g/mol. The first-order valence-electron chi connectivity index (χ1n) is 8.24. The highest BCUT2D eigenvalue weighted by atomic mass is 19.1. The van der Waals surface area contributed by atoms with Gasteiger partial charge in [-0.25, -0.2) is 4.39 Å². The molecule has 1 unspecified atom stereocenters. The fraction of sp³-hybridized carbons (Fsp3) is 0.250. The molecule has 4 nitrogen and oxygen atoms in total. The van der Waals surface area contributed by atoms with Gasteiger partial charge in [0.25, 0.3) is 0 Å². The van der Waals surface area contributed by atoms with E-state index in [1.807, 2.05) is 51.1 Å². The van der Waals surface area contributed by atoms with Crippen LogP contribution >= 0.6 is 0 Å². The van der Waals surface area contributed by atoms with Gasteiger partial charge in [-0.2, -0.15) is 0 Å². The summed E-state index contributed by atoms with van der Waals surface area (Å²) in [4.78, 5) is 0. The smallest absolute Gasteiger partial charge is 0.222 e. The third-order valence-electron chi connectivity index (χ3n) is 3.88. The fourth-order valence-corrected chi connectivity index (χ4v) is 2.48. The van der Waals surface area contributed by atoms with Crippen LogP contribution in [0.4, 0.5) is 10.3 Å². The number of rotatable bonds is 4. The normalized spacial score (nSPS) is 11.4. The molecule has 3 aromatic rings. The predicted octanol–water partition coefficient (Wildman–Crippen LogP) is 5.25. The number of hydrogen-bond donors (Lipinski definition) is 1. The molecular formula is C20H23FN2O2. The third-order valence-corrected chi connectivity index (χ3v) is 3.88. The van der Waals surface area contributed by atoms with Gasteiger partial charge in [0.1, 0.15) is 11.6 Å². The molecule has 1 aromatic heterocycles. The summed E-state index contributed by atoms with van der Waals surface area (Å²) in [6.45, 7) is 5.93. The molecule has 0 aliphatic carbocycles. The van der Waals surface area contributed by atoms with Crippen LogP contribution in [-0.2, 0) is 0 Å². The minimum Gasteiger partial charge on any atom is -0.497 e. The molecule has 1 heterocycles.